The molecule has 1 aromatic carbocycles. The van der Waals surface area contributed by atoms with Crippen molar-refractivity contribution in [2.45, 2.75) is 32.4 Å². The molecule has 6 nitrogen and oxygen atoms in total. The molecule has 8 heteroatoms. The largest absolute Gasteiger partial charge is 0.493 e. The van der Waals surface area contributed by atoms with Gasteiger partial charge in [0.05, 0.1) is 19.1 Å². The van der Waals surface area contributed by atoms with E-state index >= 15 is 0 Å². The van der Waals surface area contributed by atoms with Gasteiger partial charge >= 0.3 is 0 Å². The summed E-state index contributed by atoms with van der Waals surface area (Å²) >= 11 is 0. The van der Waals surface area contributed by atoms with Gasteiger partial charge in [-0.3, -0.25) is 9.78 Å². The van der Waals surface area contributed by atoms with Gasteiger partial charge in [-0.1, -0.05) is 6.07 Å². The van der Waals surface area contributed by atoms with Gasteiger partial charge in [-0.25, -0.2) is 0 Å². The highest BCUT2D eigenvalue weighted by Gasteiger charge is 2.22. The molecule has 160 valence electrons. The third-order valence-electron chi connectivity index (χ3n) is 4.86. The molecule has 1 saturated heterocycles. The Morgan fingerprint density at radius 1 is 1.24 bits per heavy atom. The van der Waals surface area contributed by atoms with Crippen LogP contribution in [0.2, 0.25) is 0 Å². The van der Waals surface area contributed by atoms with Gasteiger partial charge in [-0.15, -0.1) is 24.8 Å². The molecule has 2 aromatic rings. The Hall–Kier alpha value is -2.02. The van der Waals surface area contributed by atoms with E-state index in [1.165, 1.54) is 0 Å². The highest BCUT2D eigenvalue weighted by atomic mass is 35.5. The molecule has 1 aliphatic rings. The van der Waals surface area contributed by atoms with Crippen molar-refractivity contribution in [2.24, 2.45) is 5.92 Å². The Labute approximate surface area is 184 Å². The van der Waals surface area contributed by atoms with Crippen molar-refractivity contribution in [3.63, 3.8) is 0 Å². The van der Waals surface area contributed by atoms with Crippen LogP contribution in [0.15, 0.2) is 42.7 Å². The summed E-state index contributed by atoms with van der Waals surface area (Å²) in [5.74, 6) is 1.48. The van der Waals surface area contributed by atoms with E-state index in [1.54, 1.807) is 19.5 Å². The molecule has 3 rings (SSSR count). The van der Waals surface area contributed by atoms with E-state index in [0.29, 0.717) is 18.1 Å². The van der Waals surface area contributed by atoms with Crippen LogP contribution >= 0.6 is 24.8 Å². The van der Waals surface area contributed by atoms with E-state index in [1.807, 2.05) is 37.3 Å². The van der Waals surface area contributed by atoms with Crippen LogP contribution in [0.4, 0.5) is 0 Å². The monoisotopic (exact) mass is 441 g/mol. The fourth-order valence-corrected chi connectivity index (χ4v) is 3.20. The number of amides is 1. The summed E-state index contributed by atoms with van der Waals surface area (Å²) in [6.07, 6.45) is 5.47. The van der Waals surface area contributed by atoms with Crippen molar-refractivity contribution in [3.8, 4) is 11.5 Å². The first-order chi connectivity index (χ1) is 13.2. The van der Waals surface area contributed by atoms with E-state index in [0.717, 1.165) is 37.1 Å². The normalized spacial score (nSPS) is 16.6. The van der Waals surface area contributed by atoms with E-state index < -0.39 is 0 Å². The van der Waals surface area contributed by atoms with Crippen molar-refractivity contribution < 1.29 is 14.3 Å². The van der Waals surface area contributed by atoms with Crippen LogP contribution in [-0.4, -0.2) is 31.1 Å². The molecule has 2 unspecified atom stereocenters. The summed E-state index contributed by atoms with van der Waals surface area (Å²) in [6.45, 7) is 4.18. The molecule has 0 radical (unpaired) electrons. The second-order valence-electron chi connectivity index (χ2n) is 6.83. The third-order valence-corrected chi connectivity index (χ3v) is 4.86. The van der Waals surface area contributed by atoms with Gasteiger partial charge in [0, 0.05) is 18.9 Å². The summed E-state index contributed by atoms with van der Waals surface area (Å²) in [4.78, 5) is 16.5. The van der Waals surface area contributed by atoms with Gasteiger partial charge in [0.25, 0.3) is 0 Å². The first-order valence-corrected chi connectivity index (χ1v) is 9.38. The lowest BCUT2D eigenvalue weighted by Gasteiger charge is -2.24. The van der Waals surface area contributed by atoms with Gasteiger partial charge < -0.3 is 20.1 Å². The Balaban J connectivity index is 0.00000210. The highest BCUT2D eigenvalue weighted by molar-refractivity contribution is 5.85. The highest BCUT2D eigenvalue weighted by Crippen LogP contribution is 2.31. The number of carbonyl (C=O) groups excluding carboxylic acids is 1. The maximum absolute atomic E-state index is 12.5. The number of hydrogen-bond donors (Lipinski definition) is 2. The molecule has 1 fully saturated rings. The number of ether oxygens (including phenoxy) is 2. The lowest BCUT2D eigenvalue weighted by molar-refractivity contribution is -0.126. The molecule has 2 atom stereocenters. The van der Waals surface area contributed by atoms with Gasteiger partial charge in [-0.2, -0.15) is 0 Å². The van der Waals surface area contributed by atoms with Crippen LogP contribution in [0.1, 0.15) is 36.9 Å². The smallest absolute Gasteiger partial charge is 0.224 e. The van der Waals surface area contributed by atoms with Crippen LogP contribution < -0.4 is 20.1 Å². The number of halogens is 2. The number of methoxy groups -OCH3 is 1. The minimum atomic E-state index is -0.0948. The van der Waals surface area contributed by atoms with Crippen LogP contribution in [0, 0.1) is 5.92 Å². The number of pyridine rings is 1. The molecule has 1 amide bonds. The fraction of sp³-hybridized carbons (Fsp3) is 0.429. The summed E-state index contributed by atoms with van der Waals surface area (Å²) in [5.41, 5.74) is 2.03. The second kappa shape index (κ2) is 12.5. The second-order valence-corrected chi connectivity index (χ2v) is 6.83. The van der Waals surface area contributed by atoms with E-state index in [-0.39, 0.29) is 42.7 Å². The van der Waals surface area contributed by atoms with Gasteiger partial charge in [0.1, 0.15) is 6.61 Å². The minimum absolute atomic E-state index is 0. The van der Waals surface area contributed by atoms with Crippen LogP contribution in [-0.2, 0) is 11.4 Å². The Bertz CT molecular complexity index is 756. The number of aromatic nitrogens is 1. The zero-order valence-corrected chi connectivity index (χ0v) is 18.4. The summed E-state index contributed by atoms with van der Waals surface area (Å²) < 4.78 is 11.4. The number of piperidine rings is 1. The number of nitrogens with zero attached hydrogens (tertiary/aromatic N) is 1. The molecule has 0 spiro atoms. The predicted molar refractivity (Wildman–Crippen MR) is 118 cm³/mol. The lowest BCUT2D eigenvalue weighted by atomic mass is 9.98. The lowest BCUT2D eigenvalue weighted by Crippen LogP contribution is -2.41. The molecule has 2 heterocycles. The SMILES string of the molecule is COc1cc(C(C)NC(=O)C2CCCNC2)ccc1OCc1ccncc1.Cl.Cl. The minimum Gasteiger partial charge on any atom is -0.493 e. The molecule has 0 aliphatic carbocycles. The first-order valence-electron chi connectivity index (χ1n) is 9.38. The van der Waals surface area contributed by atoms with Crippen LogP contribution in [0.25, 0.3) is 0 Å². The van der Waals surface area contributed by atoms with Crippen molar-refractivity contribution >= 4 is 30.7 Å². The number of nitrogens with one attached hydrogen (secondary N) is 2. The topological polar surface area (TPSA) is 72.5 Å². The third kappa shape index (κ3) is 7.07. The first kappa shape index (κ1) is 25.0. The molecule has 0 bridgehead atoms. The molecule has 1 aromatic heterocycles. The van der Waals surface area contributed by atoms with E-state index in [2.05, 4.69) is 15.6 Å². The number of carbonyl (C=O) groups is 1. The van der Waals surface area contributed by atoms with Gasteiger partial charge in [0.2, 0.25) is 5.91 Å². The Kier molecular flexibility index (Phi) is 10.8. The van der Waals surface area contributed by atoms with Crippen molar-refractivity contribution in [3.05, 3.63) is 53.9 Å². The molecular formula is C21H29Cl2N3O3. The van der Waals surface area contributed by atoms with E-state index in [4.69, 9.17) is 9.47 Å². The summed E-state index contributed by atoms with van der Waals surface area (Å²) in [7, 11) is 1.62. The summed E-state index contributed by atoms with van der Waals surface area (Å²) in [5, 5.41) is 6.39. The number of rotatable bonds is 7. The fourth-order valence-electron chi connectivity index (χ4n) is 3.20. The summed E-state index contributed by atoms with van der Waals surface area (Å²) in [6, 6.07) is 9.51. The molecule has 1 aliphatic heterocycles. The quantitative estimate of drug-likeness (QED) is 0.685. The maximum Gasteiger partial charge on any atom is 0.224 e. The average molecular weight is 442 g/mol. The zero-order chi connectivity index (χ0) is 19.1. The van der Waals surface area contributed by atoms with Crippen LogP contribution in [0.3, 0.4) is 0 Å². The molecule has 2 N–H and O–H groups in total. The zero-order valence-electron chi connectivity index (χ0n) is 16.7. The average Bonchev–Trinajstić information content (AvgIpc) is 2.73. The van der Waals surface area contributed by atoms with Crippen LogP contribution in [0.5, 0.6) is 11.5 Å². The molecule has 0 saturated carbocycles. The van der Waals surface area contributed by atoms with E-state index in [9.17, 15) is 4.79 Å². The number of benzene rings is 1. The Morgan fingerprint density at radius 2 is 2.00 bits per heavy atom. The molecule has 29 heavy (non-hydrogen) atoms. The standard InChI is InChI=1S/C21H27N3O3.2ClH/c1-15(24-21(25)18-4-3-9-23-13-18)17-5-6-19(20(12-17)26-2)27-14-16-7-10-22-11-8-16;;/h5-8,10-12,15,18,23H,3-4,9,13-14H2,1-2H3,(H,24,25);2*1H. The Morgan fingerprint density at radius 3 is 2.66 bits per heavy atom. The van der Waals surface area contributed by atoms with Gasteiger partial charge in [-0.05, 0) is 61.7 Å². The molecular weight excluding hydrogens is 413 g/mol. The maximum atomic E-state index is 12.5. The number of hydrogen-bond acceptors (Lipinski definition) is 5. The van der Waals surface area contributed by atoms with Gasteiger partial charge in [0.15, 0.2) is 11.5 Å². The van der Waals surface area contributed by atoms with Crippen molar-refractivity contribution in [2.75, 3.05) is 20.2 Å². The predicted octanol–water partition coefficient (Wildman–Crippen LogP) is 3.69. The van der Waals surface area contributed by atoms with Crippen molar-refractivity contribution in [1.29, 1.82) is 0 Å². The van der Waals surface area contributed by atoms with Crippen molar-refractivity contribution in [1.82, 2.24) is 15.6 Å².